The summed E-state index contributed by atoms with van der Waals surface area (Å²) in [5.41, 5.74) is 1.04. The third-order valence-corrected chi connectivity index (χ3v) is 4.53. The highest BCUT2D eigenvalue weighted by Crippen LogP contribution is 2.19. The van der Waals surface area contributed by atoms with E-state index in [1.807, 2.05) is 29.2 Å². The summed E-state index contributed by atoms with van der Waals surface area (Å²) in [6, 6.07) is 7.64. The number of amides is 1. The van der Waals surface area contributed by atoms with E-state index in [2.05, 4.69) is 21.2 Å². The van der Waals surface area contributed by atoms with Crippen molar-refractivity contribution >= 4 is 29.0 Å². The SMILES string of the molecule is O=C(NCc1ccccc1Br)[C@@H]1CCCN1CCB(O)O. The lowest BCUT2D eigenvalue weighted by molar-refractivity contribution is -0.125. The van der Waals surface area contributed by atoms with Gasteiger partial charge in [0.25, 0.3) is 0 Å². The first-order chi connectivity index (χ1) is 10.1. The van der Waals surface area contributed by atoms with Crippen LogP contribution in [-0.4, -0.2) is 47.1 Å². The molecule has 0 radical (unpaired) electrons. The molecule has 0 saturated carbocycles. The Kier molecular flexibility index (Phi) is 6.23. The molecule has 1 fully saturated rings. The minimum atomic E-state index is -1.31. The Morgan fingerprint density at radius 2 is 2.19 bits per heavy atom. The first kappa shape index (κ1) is 16.5. The van der Waals surface area contributed by atoms with Crippen molar-refractivity contribution in [3.63, 3.8) is 0 Å². The van der Waals surface area contributed by atoms with Crippen LogP contribution < -0.4 is 5.32 Å². The molecule has 114 valence electrons. The molecule has 0 spiro atoms. The van der Waals surface area contributed by atoms with Crippen LogP contribution in [0.5, 0.6) is 0 Å². The summed E-state index contributed by atoms with van der Waals surface area (Å²) >= 11 is 3.47. The molecule has 21 heavy (non-hydrogen) atoms. The summed E-state index contributed by atoms with van der Waals surface area (Å²) in [4.78, 5) is 14.3. The highest BCUT2D eigenvalue weighted by atomic mass is 79.9. The van der Waals surface area contributed by atoms with Gasteiger partial charge in [-0.15, -0.1) is 0 Å². The Morgan fingerprint density at radius 1 is 1.43 bits per heavy atom. The van der Waals surface area contributed by atoms with Gasteiger partial charge < -0.3 is 15.4 Å². The molecule has 0 aliphatic carbocycles. The average Bonchev–Trinajstić information content (AvgIpc) is 2.92. The second-order valence-corrected chi connectivity index (χ2v) is 6.13. The third kappa shape index (κ3) is 4.81. The van der Waals surface area contributed by atoms with Crippen LogP contribution in [0.25, 0.3) is 0 Å². The Bertz CT molecular complexity index is 487. The molecule has 7 heteroatoms. The Labute approximate surface area is 133 Å². The van der Waals surface area contributed by atoms with Crippen molar-refractivity contribution in [1.29, 1.82) is 0 Å². The molecule has 1 atom stereocenters. The Morgan fingerprint density at radius 3 is 2.90 bits per heavy atom. The number of rotatable bonds is 6. The molecule has 1 heterocycles. The second kappa shape index (κ2) is 7.94. The monoisotopic (exact) mass is 354 g/mol. The van der Waals surface area contributed by atoms with Gasteiger partial charge in [-0.25, -0.2) is 0 Å². The second-order valence-electron chi connectivity index (χ2n) is 5.27. The molecular weight excluding hydrogens is 335 g/mol. The summed E-state index contributed by atoms with van der Waals surface area (Å²) in [5.74, 6) is 0.00989. The molecule has 3 N–H and O–H groups in total. The minimum Gasteiger partial charge on any atom is -0.427 e. The number of halogens is 1. The summed E-state index contributed by atoms with van der Waals surface area (Å²) in [6.45, 7) is 1.86. The van der Waals surface area contributed by atoms with Crippen molar-refractivity contribution in [3.8, 4) is 0 Å². The van der Waals surface area contributed by atoms with Crippen molar-refractivity contribution in [2.45, 2.75) is 31.7 Å². The summed E-state index contributed by atoms with van der Waals surface area (Å²) in [6.07, 6.45) is 2.06. The number of nitrogens with zero attached hydrogens (tertiary/aromatic N) is 1. The van der Waals surface area contributed by atoms with Gasteiger partial charge >= 0.3 is 7.12 Å². The zero-order chi connectivity index (χ0) is 15.2. The summed E-state index contributed by atoms with van der Waals surface area (Å²) < 4.78 is 0.983. The van der Waals surface area contributed by atoms with Gasteiger partial charge in [0.15, 0.2) is 0 Å². The molecule has 1 aromatic rings. The van der Waals surface area contributed by atoms with Gasteiger partial charge in [-0.1, -0.05) is 34.1 Å². The molecule has 0 unspecified atom stereocenters. The van der Waals surface area contributed by atoms with Crippen LogP contribution >= 0.6 is 15.9 Å². The summed E-state index contributed by atoms with van der Waals surface area (Å²) in [5, 5.41) is 20.9. The molecule has 0 aromatic heterocycles. The van der Waals surface area contributed by atoms with Gasteiger partial charge in [0.2, 0.25) is 5.91 Å². The van der Waals surface area contributed by atoms with E-state index in [1.54, 1.807) is 0 Å². The van der Waals surface area contributed by atoms with Crippen molar-refractivity contribution in [2.75, 3.05) is 13.1 Å². The van der Waals surface area contributed by atoms with E-state index >= 15 is 0 Å². The van der Waals surface area contributed by atoms with E-state index < -0.39 is 7.12 Å². The Balaban J connectivity index is 1.86. The normalized spacial score (nSPS) is 18.7. The Hall–Kier alpha value is -0.885. The first-order valence-electron chi connectivity index (χ1n) is 7.19. The minimum absolute atomic E-state index is 0.00989. The smallest absolute Gasteiger partial charge is 0.427 e. The first-order valence-corrected chi connectivity index (χ1v) is 7.98. The van der Waals surface area contributed by atoms with Gasteiger partial charge in [-0.2, -0.15) is 0 Å². The van der Waals surface area contributed by atoms with Crippen LogP contribution in [0.2, 0.25) is 6.32 Å². The lowest BCUT2D eigenvalue weighted by atomic mass is 9.86. The lowest BCUT2D eigenvalue weighted by Crippen LogP contribution is -2.44. The van der Waals surface area contributed by atoms with Crippen LogP contribution in [-0.2, 0) is 11.3 Å². The van der Waals surface area contributed by atoms with Gasteiger partial charge in [0.1, 0.15) is 0 Å². The van der Waals surface area contributed by atoms with Crippen LogP contribution in [0, 0.1) is 0 Å². The highest BCUT2D eigenvalue weighted by Gasteiger charge is 2.30. The van der Waals surface area contributed by atoms with Gasteiger partial charge in [0, 0.05) is 11.0 Å². The quantitative estimate of drug-likeness (QED) is 0.666. The fourth-order valence-electron chi connectivity index (χ4n) is 2.61. The third-order valence-electron chi connectivity index (χ3n) is 3.75. The lowest BCUT2D eigenvalue weighted by Gasteiger charge is -2.23. The van der Waals surface area contributed by atoms with E-state index in [4.69, 9.17) is 10.0 Å². The van der Waals surface area contributed by atoms with Crippen LogP contribution in [0.1, 0.15) is 18.4 Å². The zero-order valence-electron chi connectivity index (χ0n) is 11.8. The maximum absolute atomic E-state index is 12.3. The summed E-state index contributed by atoms with van der Waals surface area (Å²) in [7, 11) is -1.31. The predicted molar refractivity (Wildman–Crippen MR) is 85.6 cm³/mol. The van der Waals surface area contributed by atoms with Gasteiger partial charge in [-0.05, 0) is 43.9 Å². The molecule has 1 saturated heterocycles. The number of benzene rings is 1. The van der Waals surface area contributed by atoms with Gasteiger partial charge in [0.05, 0.1) is 6.04 Å². The predicted octanol–water partition coefficient (Wildman–Crippen LogP) is 1.00. The molecule has 1 aliphatic rings. The molecule has 1 aromatic carbocycles. The van der Waals surface area contributed by atoms with Crippen molar-refractivity contribution in [2.24, 2.45) is 0 Å². The number of carbonyl (C=O) groups is 1. The fraction of sp³-hybridized carbons (Fsp3) is 0.500. The topological polar surface area (TPSA) is 72.8 Å². The largest absolute Gasteiger partial charge is 0.452 e. The van der Waals surface area contributed by atoms with Crippen LogP contribution in [0.3, 0.4) is 0 Å². The van der Waals surface area contributed by atoms with Crippen molar-refractivity contribution in [1.82, 2.24) is 10.2 Å². The van der Waals surface area contributed by atoms with E-state index in [-0.39, 0.29) is 18.3 Å². The number of carbonyl (C=O) groups excluding carboxylic acids is 1. The van der Waals surface area contributed by atoms with E-state index in [0.29, 0.717) is 13.1 Å². The number of hydrogen-bond donors (Lipinski definition) is 3. The van der Waals surface area contributed by atoms with E-state index in [9.17, 15) is 4.79 Å². The van der Waals surface area contributed by atoms with Crippen LogP contribution in [0.4, 0.5) is 0 Å². The highest BCUT2D eigenvalue weighted by molar-refractivity contribution is 9.10. The van der Waals surface area contributed by atoms with E-state index in [1.165, 1.54) is 0 Å². The molecule has 2 rings (SSSR count). The van der Waals surface area contributed by atoms with Crippen LogP contribution in [0.15, 0.2) is 28.7 Å². The molecular formula is C14H20BBrN2O3. The molecule has 0 bridgehead atoms. The standard InChI is InChI=1S/C14H20BBrN2O3/c16-12-5-2-1-4-11(12)10-17-14(19)13-6-3-8-18(13)9-7-15(20)21/h1-2,4-5,13,20-21H,3,6-10H2,(H,17,19)/t13-/m0/s1. The number of nitrogens with one attached hydrogen (secondary N) is 1. The number of likely N-dealkylation sites (tertiary alicyclic amines) is 1. The fourth-order valence-corrected chi connectivity index (χ4v) is 3.04. The average molecular weight is 355 g/mol. The van der Waals surface area contributed by atoms with Crippen molar-refractivity contribution in [3.05, 3.63) is 34.3 Å². The maximum Gasteiger partial charge on any atom is 0.452 e. The van der Waals surface area contributed by atoms with Gasteiger partial charge in [-0.3, -0.25) is 9.69 Å². The molecule has 1 aliphatic heterocycles. The molecule has 1 amide bonds. The van der Waals surface area contributed by atoms with Crippen molar-refractivity contribution < 1.29 is 14.8 Å². The molecule has 5 nitrogen and oxygen atoms in total. The number of hydrogen-bond acceptors (Lipinski definition) is 4. The zero-order valence-corrected chi connectivity index (χ0v) is 13.4. The van der Waals surface area contributed by atoms with E-state index in [0.717, 1.165) is 29.4 Å². The maximum atomic E-state index is 12.3.